The fourth-order valence-corrected chi connectivity index (χ4v) is 1.51. The molecule has 0 heterocycles. The van der Waals surface area contributed by atoms with Gasteiger partial charge >= 0.3 is 0 Å². The van der Waals surface area contributed by atoms with E-state index in [9.17, 15) is 4.79 Å². The summed E-state index contributed by atoms with van der Waals surface area (Å²) in [6, 6.07) is 5.30. The average Bonchev–Trinajstić information content (AvgIpc) is 2.37. The first-order valence-electron chi connectivity index (χ1n) is 6.02. The Morgan fingerprint density at radius 3 is 2.78 bits per heavy atom. The highest BCUT2D eigenvalue weighted by Gasteiger charge is 2.07. The van der Waals surface area contributed by atoms with E-state index in [0.717, 1.165) is 0 Å². The van der Waals surface area contributed by atoms with Crippen LogP contribution >= 0.6 is 0 Å². The third kappa shape index (κ3) is 4.25. The van der Waals surface area contributed by atoms with Gasteiger partial charge in [0.2, 0.25) is 5.91 Å². The molecule has 0 aliphatic rings. The number of carbonyl (C=O) groups excluding carboxylic acids is 1. The van der Waals surface area contributed by atoms with Crippen molar-refractivity contribution in [2.24, 2.45) is 5.73 Å². The van der Waals surface area contributed by atoms with Gasteiger partial charge in [-0.05, 0) is 32.0 Å². The van der Waals surface area contributed by atoms with Crippen LogP contribution in [0.2, 0.25) is 0 Å². The second kappa shape index (κ2) is 7.55. The van der Waals surface area contributed by atoms with Crippen molar-refractivity contribution in [1.82, 2.24) is 0 Å². The van der Waals surface area contributed by atoms with Crippen LogP contribution in [-0.4, -0.2) is 26.2 Å². The Balaban J connectivity index is 2.71. The Morgan fingerprint density at radius 1 is 1.39 bits per heavy atom. The predicted molar refractivity (Wildman–Crippen MR) is 71.1 cm³/mol. The molecule has 5 nitrogen and oxygen atoms in total. The second-order valence-corrected chi connectivity index (χ2v) is 3.74. The van der Waals surface area contributed by atoms with E-state index in [-0.39, 0.29) is 5.91 Å². The minimum absolute atomic E-state index is 0.0481. The standard InChI is InChI=1S/C13H20N2O3/c1-3-18-12-9-10(6-7-11(12)17-2)15-13(16)5-4-8-14/h6-7,9H,3-5,8,14H2,1-2H3,(H,15,16). The molecule has 0 atom stereocenters. The monoisotopic (exact) mass is 252 g/mol. The van der Waals surface area contributed by atoms with Gasteiger partial charge in [-0.15, -0.1) is 0 Å². The van der Waals surface area contributed by atoms with Gasteiger partial charge in [-0.2, -0.15) is 0 Å². The van der Waals surface area contributed by atoms with E-state index in [2.05, 4.69) is 5.32 Å². The number of rotatable bonds is 7. The van der Waals surface area contributed by atoms with Gasteiger partial charge in [-0.3, -0.25) is 4.79 Å². The second-order valence-electron chi connectivity index (χ2n) is 3.74. The smallest absolute Gasteiger partial charge is 0.224 e. The molecule has 3 N–H and O–H groups in total. The van der Waals surface area contributed by atoms with Crippen LogP contribution in [0.4, 0.5) is 5.69 Å². The molecule has 0 unspecified atom stereocenters. The van der Waals surface area contributed by atoms with Crippen molar-refractivity contribution in [3.63, 3.8) is 0 Å². The largest absolute Gasteiger partial charge is 0.493 e. The van der Waals surface area contributed by atoms with E-state index in [1.54, 1.807) is 25.3 Å². The highest BCUT2D eigenvalue weighted by atomic mass is 16.5. The zero-order valence-corrected chi connectivity index (χ0v) is 10.9. The Bertz CT molecular complexity index is 394. The summed E-state index contributed by atoms with van der Waals surface area (Å²) >= 11 is 0. The molecule has 18 heavy (non-hydrogen) atoms. The Kier molecular flexibility index (Phi) is 6.00. The zero-order chi connectivity index (χ0) is 13.4. The van der Waals surface area contributed by atoms with Crippen molar-refractivity contribution in [2.45, 2.75) is 19.8 Å². The van der Waals surface area contributed by atoms with Gasteiger partial charge in [0.15, 0.2) is 11.5 Å². The number of hydrogen-bond acceptors (Lipinski definition) is 4. The molecule has 0 aromatic heterocycles. The fourth-order valence-electron chi connectivity index (χ4n) is 1.51. The van der Waals surface area contributed by atoms with Crippen molar-refractivity contribution in [3.05, 3.63) is 18.2 Å². The molecule has 0 radical (unpaired) electrons. The SMILES string of the molecule is CCOc1cc(NC(=O)CCCN)ccc1OC. The van der Waals surface area contributed by atoms with Gasteiger partial charge in [0, 0.05) is 18.2 Å². The third-order valence-corrected chi connectivity index (χ3v) is 2.36. The molecular formula is C13H20N2O3. The van der Waals surface area contributed by atoms with Crippen LogP contribution in [0.25, 0.3) is 0 Å². The molecule has 5 heteroatoms. The number of carbonyl (C=O) groups is 1. The number of anilines is 1. The number of hydrogen-bond donors (Lipinski definition) is 2. The lowest BCUT2D eigenvalue weighted by atomic mass is 10.2. The van der Waals surface area contributed by atoms with E-state index in [4.69, 9.17) is 15.2 Å². The molecule has 1 amide bonds. The summed E-state index contributed by atoms with van der Waals surface area (Å²) in [5.41, 5.74) is 6.05. The highest BCUT2D eigenvalue weighted by Crippen LogP contribution is 2.30. The minimum Gasteiger partial charge on any atom is -0.493 e. The molecule has 1 aromatic carbocycles. The predicted octanol–water partition coefficient (Wildman–Crippen LogP) is 1.77. The van der Waals surface area contributed by atoms with Crippen LogP contribution < -0.4 is 20.5 Å². The summed E-state index contributed by atoms with van der Waals surface area (Å²) < 4.78 is 10.6. The Morgan fingerprint density at radius 2 is 2.17 bits per heavy atom. The number of ether oxygens (including phenoxy) is 2. The Labute approximate surface area is 107 Å². The molecule has 0 spiro atoms. The maximum Gasteiger partial charge on any atom is 0.224 e. The van der Waals surface area contributed by atoms with E-state index < -0.39 is 0 Å². The lowest BCUT2D eigenvalue weighted by molar-refractivity contribution is -0.116. The lowest BCUT2D eigenvalue weighted by Gasteiger charge is -2.11. The van der Waals surface area contributed by atoms with Gasteiger partial charge in [0.1, 0.15) is 0 Å². The topological polar surface area (TPSA) is 73.6 Å². The summed E-state index contributed by atoms with van der Waals surface area (Å²) in [5, 5.41) is 2.80. The minimum atomic E-state index is -0.0481. The number of nitrogens with two attached hydrogens (primary N) is 1. The molecule has 0 saturated carbocycles. The number of nitrogens with one attached hydrogen (secondary N) is 1. The van der Waals surface area contributed by atoms with Gasteiger partial charge < -0.3 is 20.5 Å². The van der Waals surface area contributed by atoms with Crippen LogP contribution in [-0.2, 0) is 4.79 Å². The lowest BCUT2D eigenvalue weighted by Crippen LogP contribution is -2.13. The molecule has 0 fully saturated rings. The number of benzene rings is 1. The van der Waals surface area contributed by atoms with Crippen LogP contribution in [0.15, 0.2) is 18.2 Å². The van der Waals surface area contributed by atoms with Gasteiger partial charge in [0.25, 0.3) is 0 Å². The molecule has 1 aromatic rings. The summed E-state index contributed by atoms with van der Waals surface area (Å²) in [4.78, 5) is 11.6. The molecule has 1 rings (SSSR count). The van der Waals surface area contributed by atoms with Gasteiger partial charge in [-0.1, -0.05) is 0 Å². The summed E-state index contributed by atoms with van der Waals surface area (Å²) in [6.45, 7) is 2.95. The van der Waals surface area contributed by atoms with Crippen LogP contribution in [0, 0.1) is 0 Å². The number of methoxy groups -OCH3 is 1. The van der Waals surface area contributed by atoms with Crippen LogP contribution in [0.3, 0.4) is 0 Å². The van der Waals surface area contributed by atoms with Crippen molar-refractivity contribution < 1.29 is 14.3 Å². The van der Waals surface area contributed by atoms with Gasteiger partial charge in [-0.25, -0.2) is 0 Å². The maximum atomic E-state index is 11.6. The Hall–Kier alpha value is -1.75. The first kappa shape index (κ1) is 14.3. The fraction of sp³-hybridized carbons (Fsp3) is 0.462. The summed E-state index contributed by atoms with van der Waals surface area (Å²) in [7, 11) is 1.58. The summed E-state index contributed by atoms with van der Waals surface area (Å²) in [5.74, 6) is 1.22. The number of amides is 1. The normalized spacial score (nSPS) is 9.94. The molecule has 0 saturated heterocycles. The van der Waals surface area contributed by atoms with E-state index in [1.807, 2.05) is 6.92 Å². The van der Waals surface area contributed by atoms with Crippen molar-refractivity contribution in [3.8, 4) is 11.5 Å². The van der Waals surface area contributed by atoms with Crippen molar-refractivity contribution in [1.29, 1.82) is 0 Å². The first-order chi connectivity index (χ1) is 8.71. The first-order valence-corrected chi connectivity index (χ1v) is 6.02. The molecule has 100 valence electrons. The van der Waals surface area contributed by atoms with Crippen LogP contribution in [0.5, 0.6) is 11.5 Å². The maximum absolute atomic E-state index is 11.6. The van der Waals surface area contributed by atoms with Crippen molar-refractivity contribution >= 4 is 11.6 Å². The average molecular weight is 252 g/mol. The third-order valence-electron chi connectivity index (χ3n) is 2.36. The molecule has 0 aliphatic carbocycles. The molecular weight excluding hydrogens is 232 g/mol. The van der Waals surface area contributed by atoms with Gasteiger partial charge in [0.05, 0.1) is 13.7 Å². The van der Waals surface area contributed by atoms with E-state index >= 15 is 0 Å². The van der Waals surface area contributed by atoms with E-state index in [0.29, 0.717) is 43.2 Å². The quantitative estimate of drug-likeness (QED) is 0.775. The molecule has 0 bridgehead atoms. The van der Waals surface area contributed by atoms with Crippen LogP contribution in [0.1, 0.15) is 19.8 Å². The highest BCUT2D eigenvalue weighted by molar-refractivity contribution is 5.91. The zero-order valence-electron chi connectivity index (χ0n) is 10.9. The molecule has 0 aliphatic heterocycles. The summed E-state index contributed by atoms with van der Waals surface area (Å²) in [6.07, 6.45) is 1.10. The van der Waals surface area contributed by atoms with Crippen molar-refractivity contribution in [2.75, 3.05) is 25.6 Å². The van der Waals surface area contributed by atoms with E-state index in [1.165, 1.54) is 0 Å².